The zero-order valence-corrected chi connectivity index (χ0v) is 17.8. The molecule has 4 rings (SSSR count). The minimum absolute atomic E-state index is 0.0490. The Morgan fingerprint density at radius 2 is 2.07 bits per heavy atom. The molecular weight excluding hydrogens is 423 g/mol. The number of hydrogen-bond acceptors (Lipinski definition) is 6. The molecule has 2 heterocycles. The summed E-state index contributed by atoms with van der Waals surface area (Å²) in [4.78, 5) is 20.3. The van der Waals surface area contributed by atoms with Gasteiger partial charge in [0.25, 0.3) is 0 Å². The predicted octanol–water partition coefficient (Wildman–Crippen LogP) is 5.75. The third kappa shape index (κ3) is 4.83. The molecule has 154 valence electrons. The molecule has 0 saturated carbocycles. The van der Waals surface area contributed by atoms with Gasteiger partial charge in [-0.3, -0.25) is 9.69 Å². The van der Waals surface area contributed by atoms with E-state index < -0.39 is 0 Å². The fourth-order valence-corrected chi connectivity index (χ4v) is 4.73. The maximum atomic E-state index is 13.1. The third-order valence-electron chi connectivity index (χ3n) is 4.41. The smallest absolute Gasteiger partial charge is 0.230 e. The highest BCUT2D eigenvalue weighted by Gasteiger charge is 2.21. The number of aromatic nitrogens is 1. The van der Waals surface area contributed by atoms with E-state index in [2.05, 4.69) is 4.98 Å². The highest BCUT2D eigenvalue weighted by molar-refractivity contribution is 7.99. The summed E-state index contributed by atoms with van der Waals surface area (Å²) in [5, 5.41) is 0.617. The van der Waals surface area contributed by atoms with Crippen molar-refractivity contribution in [3.05, 3.63) is 72.4 Å². The number of amides is 1. The Bertz CT molecular complexity index is 1130. The van der Waals surface area contributed by atoms with Crippen molar-refractivity contribution >= 4 is 44.4 Å². The average Bonchev–Trinajstić information content (AvgIpc) is 3.42. The molecule has 2 aromatic carbocycles. The molecule has 8 heteroatoms. The Balaban J connectivity index is 1.51. The Morgan fingerprint density at radius 3 is 2.80 bits per heavy atom. The van der Waals surface area contributed by atoms with E-state index in [-0.39, 0.29) is 11.7 Å². The van der Waals surface area contributed by atoms with Crippen LogP contribution in [0.4, 0.5) is 9.52 Å². The SMILES string of the molecule is COc1ccc2nc(N(Cc3ccco3)C(=O)CCSc3ccc(F)cc3)sc2c1. The van der Waals surface area contributed by atoms with Gasteiger partial charge in [0.15, 0.2) is 5.13 Å². The maximum absolute atomic E-state index is 13.1. The third-order valence-corrected chi connectivity index (χ3v) is 6.46. The van der Waals surface area contributed by atoms with Gasteiger partial charge in [-0.2, -0.15) is 0 Å². The number of fused-ring (bicyclic) bond motifs is 1. The predicted molar refractivity (Wildman–Crippen MR) is 118 cm³/mol. The van der Waals surface area contributed by atoms with Gasteiger partial charge in [0.05, 0.1) is 30.1 Å². The number of anilines is 1. The van der Waals surface area contributed by atoms with E-state index in [4.69, 9.17) is 9.15 Å². The summed E-state index contributed by atoms with van der Waals surface area (Å²) in [6.45, 7) is 0.310. The number of carbonyl (C=O) groups is 1. The van der Waals surface area contributed by atoms with Crippen molar-refractivity contribution in [1.82, 2.24) is 4.98 Å². The van der Waals surface area contributed by atoms with E-state index in [0.29, 0.717) is 29.6 Å². The van der Waals surface area contributed by atoms with E-state index in [9.17, 15) is 9.18 Å². The van der Waals surface area contributed by atoms with Crippen LogP contribution in [0.3, 0.4) is 0 Å². The molecule has 0 fully saturated rings. The van der Waals surface area contributed by atoms with Crippen molar-refractivity contribution in [2.24, 2.45) is 0 Å². The van der Waals surface area contributed by atoms with E-state index >= 15 is 0 Å². The number of ether oxygens (including phenoxy) is 1. The summed E-state index contributed by atoms with van der Waals surface area (Å²) >= 11 is 2.96. The maximum Gasteiger partial charge on any atom is 0.230 e. The standard InChI is InChI=1S/C22H19FN2O3S2/c1-27-16-6-9-19-20(13-16)30-22(24-19)25(14-17-3-2-11-28-17)21(26)10-12-29-18-7-4-15(23)5-8-18/h2-9,11,13H,10,12,14H2,1H3. The molecule has 0 bridgehead atoms. The first kappa shape index (κ1) is 20.4. The Kier molecular flexibility index (Phi) is 6.35. The van der Waals surface area contributed by atoms with Crippen molar-refractivity contribution in [3.63, 3.8) is 0 Å². The second kappa shape index (κ2) is 9.32. The molecule has 0 aliphatic carbocycles. The van der Waals surface area contributed by atoms with Crippen LogP contribution in [0, 0.1) is 5.82 Å². The van der Waals surface area contributed by atoms with Gasteiger partial charge in [-0.05, 0) is 54.6 Å². The molecule has 0 saturated heterocycles. The minimum Gasteiger partial charge on any atom is -0.497 e. The number of rotatable bonds is 8. The molecule has 2 aromatic heterocycles. The zero-order valence-electron chi connectivity index (χ0n) is 16.2. The summed E-state index contributed by atoms with van der Waals surface area (Å²) in [5.74, 6) is 1.70. The fraction of sp³-hybridized carbons (Fsp3) is 0.182. The molecule has 1 amide bonds. The van der Waals surface area contributed by atoms with Crippen molar-refractivity contribution < 1.29 is 18.3 Å². The number of methoxy groups -OCH3 is 1. The topological polar surface area (TPSA) is 55.6 Å². The number of halogens is 1. The van der Waals surface area contributed by atoms with Crippen LogP contribution in [-0.2, 0) is 11.3 Å². The van der Waals surface area contributed by atoms with E-state index in [1.54, 1.807) is 36.5 Å². The summed E-state index contributed by atoms with van der Waals surface area (Å²) < 4.78 is 24.7. The summed E-state index contributed by atoms with van der Waals surface area (Å²) in [6, 6.07) is 15.5. The molecule has 0 radical (unpaired) electrons. The van der Waals surface area contributed by atoms with Crippen LogP contribution >= 0.6 is 23.1 Å². The summed E-state index contributed by atoms with van der Waals surface area (Å²) in [5.41, 5.74) is 0.814. The van der Waals surface area contributed by atoms with Crippen LogP contribution in [0.1, 0.15) is 12.2 Å². The lowest BCUT2D eigenvalue weighted by molar-refractivity contribution is -0.118. The van der Waals surface area contributed by atoms with Crippen LogP contribution < -0.4 is 9.64 Å². The van der Waals surface area contributed by atoms with Gasteiger partial charge in [-0.1, -0.05) is 11.3 Å². The number of thioether (sulfide) groups is 1. The number of nitrogens with zero attached hydrogens (tertiary/aromatic N) is 2. The number of benzene rings is 2. The Labute approximate surface area is 181 Å². The first-order valence-electron chi connectivity index (χ1n) is 9.28. The van der Waals surface area contributed by atoms with E-state index in [1.807, 2.05) is 24.3 Å². The zero-order chi connectivity index (χ0) is 20.9. The highest BCUT2D eigenvalue weighted by Crippen LogP contribution is 2.33. The van der Waals surface area contributed by atoms with Crippen LogP contribution in [0.2, 0.25) is 0 Å². The molecule has 0 spiro atoms. The lowest BCUT2D eigenvalue weighted by atomic mass is 10.3. The Morgan fingerprint density at radius 1 is 1.23 bits per heavy atom. The van der Waals surface area contributed by atoms with E-state index in [1.165, 1.54) is 35.2 Å². The molecule has 5 nitrogen and oxygen atoms in total. The normalized spacial score (nSPS) is 11.0. The van der Waals surface area contributed by atoms with Crippen molar-refractivity contribution in [2.45, 2.75) is 17.9 Å². The first-order chi connectivity index (χ1) is 14.6. The number of thiazole rings is 1. The minimum atomic E-state index is -0.271. The molecule has 0 aliphatic rings. The van der Waals surface area contributed by atoms with E-state index in [0.717, 1.165) is 20.9 Å². The van der Waals surface area contributed by atoms with Gasteiger partial charge in [0.2, 0.25) is 5.91 Å². The van der Waals surface area contributed by atoms with Crippen LogP contribution in [0.25, 0.3) is 10.2 Å². The molecule has 30 heavy (non-hydrogen) atoms. The second-order valence-electron chi connectivity index (χ2n) is 6.44. The molecular formula is C22H19FN2O3S2. The first-order valence-corrected chi connectivity index (χ1v) is 11.1. The van der Waals surface area contributed by atoms with Gasteiger partial charge in [-0.15, -0.1) is 11.8 Å². The van der Waals surface area contributed by atoms with Gasteiger partial charge < -0.3 is 9.15 Å². The van der Waals surface area contributed by atoms with Gasteiger partial charge in [0, 0.05) is 17.1 Å². The monoisotopic (exact) mass is 442 g/mol. The van der Waals surface area contributed by atoms with Gasteiger partial charge in [-0.25, -0.2) is 9.37 Å². The summed E-state index contributed by atoms with van der Waals surface area (Å²) in [6.07, 6.45) is 1.91. The van der Waals surface area contributed by atoms with Crippen molar-refractivity contribution in [2.75, 3.05) is 17.8 Å². The Hall–Kier alpha value is -2.84. The molecule has 0 N–H and O–H groups in total. The highest BCUT2D eigenvalue weighted by atomic mass is 32.2. The summed E-state index contributed by atoms with van der Waals surface area (Å²) in [7, 11) is 1.62. The lowest BCUT2D eigenvalue weighted by Gasteiger charge is -2.18. The van der Waals surface area contributed by atoms with Crippen molar-refractivity contribution in [3.8, 4) is 5.75 Å². The van der Waals surface area contributed by atoms with Crippen molar-refractivity contribution in [1.29, 1.82) is 0 Å². The van der Waals surface area contributed by atoms with Crippen LogP contribution in [0.5, 0.6) is 5.75 Å². The number of furan rings is 1. The number of hydrogen-bond donors (Lipinski definition) is 0. The quantitative estimate of drug-likeness (QED) is 0.325. The molecule has 4 aromatic rings. The molecule has 0 unspecified atom stereocenters. The molecule has 0 aliphatic heterocycles. The van der Waals surface area contributed by atoms with Gasteiger partial charge >= 0.3 is 0 Å². The molecule has 0 atom stereocenters. The second-order valence-corrected chi connectivity index (χ2v) is 8.62. The fourth-order valence-electron chi connectivity index (χ4n) is 2.88. The van der Waals surface area contributed by atoms with Crippen LogP contribution in [0.15, 0.2) is 70.2 Å². The van der Waals surface area contributed by atoms with Crippen LogP contribution in [-0.4, -0.2) is 23.8 Å². The largest absolute Gasteiger partial charge is 0.497 e. The number of carbonyl (C=O) groups excluding carboxylic acids is 1. The lowest BCUT2D eigenvalue weighted by Crippen LogP contribution is -2.30. The average molecular weight is 443 g/mol. The van der Waals surface area contributed by atoms with Gasteiger partial charge in [0.1, 0.15) is 17.3 Å².